The van der Waals surface area contributed by atoms with Gasteiger partial charge >= 0.3 is 0 Å². The Balaban J connectivity index is 2.00. The highest BCUT2D eigenvalue weighted by atomic mass is 15.2. The van der Waals surface area contributed by atoms with Gasteiger partial charge in [0.05, 0.1) is 0 Å². The van der Waals surface area contributed by atoms with Crippen molar-refractivity contribution in [2.24, 2.45) is 0 Å². The van der Waals surface area contributed by atoms with Crippen molar-refractivity contribution in [2.45, 2.75) is 26.9 Å². The fourth-order valence-corrected chi connectivity index (χ4v) is 3.12. The number of benzene rings is 2. The lowest BCUT2D eigenvalue weighted by Gasteiger charge is -2.22. The van der Waals surface area contributed by atoms with E-state index in [2.05, 4.69) is 60.5 Å². The summed E-state index contributed by atoms with van der Waals surface area (Å²) in [6.07, 6.45) is 0. The Hall–Kier alpha value is -1.96. The van der Waals surface area contributed by atoms with E-state index in [1.165, 1.54) is 33.6 Å². The molecule has 0 fully saturated rings. The lowest BCUT2D eigenvalue weighted by Crippen LogP contribution is -2.17. The van der Waals surface area contributed by atoms with Crippen molar-refractivity contribution in [3.8, 4) is 0 Å². The summed E-state index contributed by atoms with van der Waals surface area (Å²) in [5.74, 6) is 0. The molecule has 2 aromatic rings. The lowest BCUT2D eigenvalue weighted by atomic mass is 10.1. The number of nitrogens with one attached hydrogen (secondary N) is 1. The maximum absolute atomic E-state index is 3.30. The zero-order valence-electron chi connectivity index (χ0n) is 11.8. The summed E-state index contributed by atoms with van der Waals surface area (Å²) in [5, 5.41) is 3.30. The van der Waals surface area contributed by atoms with Crippen LogP contribution in [0, 0.1) is 13.8 Å². The van der Waals surface area contributed by atoms with Gasteiger partial charge in [-0.1, -0.05) is 30.3 Å². The minimum absolute atomic E-state index is 0.998. The molecule has 98 valence electrons. The Kier molecular flexibility index (Phi) is 2.94. The molecule has 2 heteroatoms. The van der Waals surface area contributed by atoms with Gasteiger partial charge in [-0.05, 0) is 42.2 Å². The molecule has 0 radical (unpaired) electrons. The van der Waals surface area contributed by atoms with Gasteiger partial charge in [-0.15, -0.1) is 0 Å². The summed E-state index contributed by atoms with van der Waals surface area (Å²) in [4.78, 5) is 2.48. The fraction of sp³-hybridized carbons (Fsp3) is 0.294. The lowest BCUT2D eigenvalue weighted by molar-refractivity contribution is 0.870. The van der Waals surface area contributed by atoms with Crippen molar-refractivity contribution < 1.29 is 0 Å². The second-order valence-corrected chi connectivity index (χ2v) is 5.29. The Morgan fingerprint density at radius 2 is 1.63 bits per heavy atom. The molecule has 0 aliphatic carbocycles. The van der Waals surface area contributed by atoms with E-state index in [9.17, 15) is 0 Å². The van der Waals surface area contributed by atoms with Crippen LogP contribution in [0.3, 0.4) is 0 Å². The molecule has 2 aromatic carbocycles. The highest BCUT2D eigenvalue weighted by molar-refractivity contribution is 5.65. The number of rotatable bonds is 2. The number of anilines is 2. The zero-order valence-corrected chi connectivity index (χ0v) is 11.8. The molecule has 3 rings (SSSR count). The van der Waals surface area contributed by atoms with E-state index in [4.69, 9.17) is 0 Å². The van der Waals surface area contributed by atoms with E-state index < -0.39 is 0 Å². The van der Waals surface area contributed by atoms with E-state index in [0.29, 0.717) is 0 Å². The van der Waals surface area contributed by atoms with Crippen LogP contribution >= 0.6 is 0 Å². The van der Waals surface area contributed by atoms with Gasteiger partial charge in [0.15, 0.2) is 0 Å². The highest BCUT2D eigenvalue weighted by Crippen LogP contribution is 2.35. The third-order valence-corrected chi connectivity index (χ3v) is 4.01. The second kappa shape index (κ2) is 4.61. The van der Waals surface area contributed by atoms with Crippen molar-refractivity contribution in [3.63, 3.8) is 0 Å². The quantitative estimate of drug-likeness (QED) is 0.873. The van der Waals surface area contributed by atoms with Crippen molar-refractivity contribution >= 4 is 11.4 Å². The molecule has 1 aliphatic heterocycles. The van der Waals surface area contributed by atoms with Gasteiger partial charge in [0.1, 0.15) is 0 Å². The van der Waals surface area contributed by atoms with Crippen LogP contribution in [0.1, 0.15) is 22.3 Å². The fourth-order valence-electron chi connectivity index (χ4n) is 3.12. The molecule has 1 aliphatic rings. The Morgan fingerprint density at radius 3 is 2.32 bits per heavy atom. The average molecular weight is 252 g/mol. The molecule has 1 heterocycles. The molecule has 0 atom stereocenters. The maximum atomic E-state index is 3.30. The van der Waals surface area contributed by atoms with Gasteiger partial charge in [-0.25, -0.2) is 0 Å². The third-order valence-electron chi connectivity index (χ3n) is 4.01. The first kappa shape index (κ1) is 12.1. The Labute approximate surface area is 115 Å². The number of hydrogen-bond acceptors (Lipinski definition) is 2. The van der Waals surface area contributed by atoms with Crippen molar-refractivity contribution in [1.82, 2.24) is 0 Å². The van der Waals surface area contributed by atoms with Crippen LogP contribution in [0.15, 0.2) is 36.4 Å². The van der Waals surface area contributed by atoms with Gasteiger partial charge in [0.2, 0.25) is 0 Å². The van der Waals surface area contributed by atoms with E-state index in [-0.39, 0.29) is 0 Å². The Bertz CT molecular complexity index is 596. The number of fused-ring (bicyclic) bond motifs is 1. The minimum atomic E-state index is 0.998. The first-order valence-corrected chi connectivity index (χ1v) is 6.80. The number of hydrogen-bond donors (Lipinski definition) is 1. The van der Waals surface area contributed by atoms with Crippen molar-refractivity contribution in [1.29, 1.82) is 0 Å². The highest BCUT2D eigenvalue weighted by Gasteiger charge is 2.23. The number of para-hydroxylation sites is 1. The van der Waals surface area contributed by atoms with E-state index >= 15 is 0 Å². The molecule has 2 nitrogen and oxygen atoms in total. The topological polar surface area (TPSA) is 15.3 Å². The third kappa shape index (κ3) is 1.97. The van der Waals surface area contributed by atoms with Crippen LogP contribution in [-0.4, -0.2) is 7.05 Å². The Morgan fingerprint density at radius 1 is 0.947 bits per heavy atom. The molecule has 19 heavy (non-hydrogen) atoms. The van der Waals surface area contributed by atoms with Gasteiger partial charge in [-0.2, -0.15) is 0 Å². The molecule has 0 unspecified atom stereocenters. The first-order chi connectivity index (χ1) is 9.20. The van der Waals surface area contributed by atoms with Gasteiger partial charge < -0.3 is 10.2 Å². The largest absolute Gasteiger partial charge is 0.388 e. The van der Waals surface area contributed by atoms with Crippen LogP contribution < -0.4 is 10.2 Å². The molecule has 0 saturated heterocycles. The summed E-state index contributed by atoms with van der Waals surface area (Å²) < 4.78 is 0. The van der Waals surface area contributed by atoms with Crippen molar-refractivity contribution in [2.75, 3.05) is 17.3 Å². The van der Waals surface area contributed by atoms with Crippen LogP contribution in [0.2, 0.25) is 0 Å². The summed E-state index contributed by atoms with van der Waals surface area (Å²) in [7, 11) is 2.00. The summed E-state index contributed by atoms with van der Waals surface area (Å²) in [6.45, 7) is 6.41. The molecule has 0 saturated carbocycles. The predicted molar refractivity (Wildman–Crippen MR) is 81.8 cm³/mol. The number of aryl methyl sites for hydroxylation is 2. The van der Waals surface area contributed by atoms with Crippen LogP contribution in [0.25, 0.3) is 0 Å². The molecular weight excluding hydrogens is 232 g/mol. The van der Waals surface area contributed by atoms with Crippen molar-refractivity contribution in [3.05, 3.63) is 58.7 Å². The molecule has 0 amide bonds. The molecular formula is C17H20N2. The average Bonchev–Trinajstić information content (AvgIpc) is 2.81. The zero-order chi connectivity index (χ0) is 13.4. The number of nitrogens with zero attached hydrogens (tertiary/aromatic N) is 1. The van der Waals surface area contributed by atoms with E-state index in [1.807, 2.05) is 7.05 Å². The van der Waals surface area contributed by atoms with Crippen LogP contribution in [0.4, 0.5) is 11.4 Å². The summed E-state index contributed by atoms with van der Waals surface area (Å²) in [5.41, 5.74) is 8.24. The normalized spacial score (nSPS) is 13.5. The van der Waals surface area contributed by atoms with E-state index in [0.717, 1.165) is 13.1 Å². The molecule has 1 N–H and O–H groups in total. The monoisotopic (exact) mass is 252 g/mol. The smallest absolute Gasteiger partial charge is 0.0457 e. The predicted octanol–water partition coefficient (Wildman–Crippen LogP) is 3.87. The van der Waals surface area contributed by atoms with E-state index in [1.54, 1.807) is 0 Å². The minimum Gasteiger partial charge on any atom is -0.388 e. The van der Waals surface area contributed by atoms with Crippen LogP contribution in [0.5, 0.6) is 0 Å². The van der Waals surface area contributed by atoms with Gasteiger partial charge in [-0.3, -0.25) is 0 Å². The van der Waals surface area contributed by atoms with Gasteiger partial charge in [0, 0.05) is 31.5 Å². The SMILES string of the molecule is CNc1cccc2c1CN(c1c(C)cccc1C)C2. The standard InChI is InChI=1S/C17H20N2/c1-12-6-4-7-13(2)17(12)19-10-14-8-5-9-16(18-3)15(14)11-19/h4-9,18H,10-11H2,1-3H3. The molecule has 0 spiro atoms. The molecule has 0 aromatic heterocycles. The van der Waals surface area contributed by atoms with Gasteiger partial charge in [0.25, 0.3) is 0 Å². The molecule has 0 bridgehead atoms. The first-order valence-electron chi connectivity index (χ1n) is 6.80. The maximum Gasteiger partial charge on any atom is 0.0457 e. The van der Waals surface area contributed by atoms with Crippen LogP contribution in [-0.2, 0) is 13.1 Å². The summed E-state index contributed by atoms with van der Waals surface area (Å²) in [6, 6.07) is 13.1. The summed E-state index contributed by atoms with van der Waals surface area (Å²) >= 11 is 0. The second-order valence-electron chi connectivity index (χ2n) is 5.29.